The number of nitrogens with zero attached hydrogens (tertiary/aromatic N) is 3. The zero-order chi connectivity index (χ0) is 32.9. The molecule has 256 valence electrons. The first-order chi connectivity index (χ1) is 21.8. The van der Waals surface area contributed by atoms with Crippen molar-refractivity contribution in [2.75, 3.05) is 18.9 Å². The van der Waals surface area contributed by atoms with Crippen molar-refractivity contribution in [3.63, 3.8) is 0 Å². The highest BCUT2D eigenvalue weighted by molar-refractivity contribution is 5.75. The van der Waals surface area contributed by atoms with E-state index in [1.54, 1.807) is 4.57 Å². The monoisotopic (exact) mass is 632 g/mol. The number of carbonyl (C=O) groups is 2. The standard InChI is InChI=1S/C34H60N6O5/c1-4-6-7-8-9-10-11-12-13-14-15-16-17-18-19-20-28(41)45-24-27(21-22-44-33(43)29(35)26(3)5-2)23-40-25-37-30-31(40)38-34(36)39-32(30)42/h25-27,29H,4-24,35H2,1-3H3,(H3,36,38,39,42)/t26?,27-,29+/m1/s1. The molecule has 0 saturated heterocycles. The second-order valence-corrected chi connectivity index (χ2v) is 12.6. The normalized spacial score (nSPS) is 13.5. The Balaban J connectivity index is 1.70. The highest BCUT2D eigenvalue weighted by Gasteiger charge is 2.22. The zero-order valence-electron chi connectivity index (χ0n) is 28.2. The van der Waals surface area contributed by atoms with Crippen LogP contribution in [0.2, 0.25) is 0 Å². The van der Waals surface area contributed by atoms with Crippen LogP contribution < -0.4 is 17.0 Å². The van der Waals surface area contributed by atoms with E-state index in [0.717, 1.165) is 25.7 Å². The fraction of sp³-hybridized carbons (Fsp3) is 0.794. The number of anilines is 1. The molecule has 0 saturated carbocycles. The minimum Gasteiger partial charge on any atom is -0.465 e. The number of hydrogen-bond acceptors (Lipinski definition) is 9. The van der Waals surface area contributed by atoms with E-state index in [9.17, 15) is 14.4 Å². The van der Waals surface area contributed by atoms with Gasteiger partial charge in [-0.05, 0) is 18.8 Å². The van der Waals surface area contributed by atoms with Crippen LogP contribution in [0.5, 0.6) is 0 Å². The van der Waals surface area contributed by atoms with E-state index in [0.29, 0.717) is 25.0 Å². The van der Waals surface area contributed by atoms with Gasteiger partial charge in [0, 0.05) is 18.9 Å². The maximum Gasteiger partial charge on any atom is 0.323 e. The summed E-state index contributed by atoms with van der Waals surface area (Å²) >= 11 is 0. The number of esters is 2. The summed E-state index contributed by atoms with van der Waals surface area (Å²) in [6, 6.07) is -0.683. The van der Waals surface area contributed by atoms with Crippen LogP contribution in [0.25, 0.3) is 11.2 Å². The van der Waals surface area contributed by atoms with Crippen molar-refractivity contribution in [3.8, 4) is 0 Å². The molecule has 2 heterocycles. The molecule has 0 fully saturated rings. The fourth-order valence-corrected chi connectivity index (χ4v) is 5.44. The Morgan fingerprint density at radius 3 is 2.07 bits per heavy atom. The number of fused-ring (bicyclic) bond motifs is 1. The minimum absolute atomic E-state index is 0.00585. The molecule has 11 heteroatoms. The number of nitrogens with one attached hydrogen (secondary N) is 1. The van der Waals surface area contributed by atoms with Gasteiger partial charge in [0.2, 0.25) is 5.95 Å². The van der Waals surface area contributed by atoms with Gasteiger partial charge in [0.1, 0.15) is 6.04 Å². The first-order valence-electron chi connectivity index (χ1n) is 17.5. The molecule has 2 aromatic rings. The van der Waals surface area contributed by atoms with Crippen molar-refractivity contribution < 1.29 is 19.1 Å². The highest BCUT2D eigenvalue weighted by Crippen LogP contribution is 2.17. The van der Waals surface area contributed by atoms with Crippen molar-refractivity contribution in [2.24, 2.45) is 17.6 Å². The van der Waals surface area contributed by atoms with E-state index in [-0.39, 0.29) is 42.5 Å². The number of hydrogen-bond donors (Lipinski definition) is 3. The van der Waals surface area contributed by atoms with Crippen molar-refractivity contribution in [3.05, 3.63) is 16.7 Å². The predicted molar refractivity (Wildman–Crippen MR) is 180 cm³/mol. The van der Waals surface area contributed by atoms with Crippen LogP contribution in [0.3, 0.4) is 0 Å². The molecule has 0 bridgehead atoms. The molecule has 0 amide bonds. The zero-order valence-corrected chi connectivity index (χ0v) is 28.2. The number of nitrogens with two attached hydrogens (primary N) is 2. The van der Waals surface area contributed by atoms with Gasteiger partial charge >= 0.3 is 11.9 Å². The molecule has 0 aromatic carbocycles. The lowest BCUT2D eigenvalue weighted by Crippen LogP contribution is -2.38. The van der Waals surface area contributed by atoms with Gasteiger partial charge in [0.05, 0.1) is 19.5 Å². The second kappa shape index (κ2) is 22.5. The van der Waals surface area contributed by atoms with Crippen molar-refractivity contribution in [2.45, 2.75) is 149 Å². The van der Waals surface area contributed by atoms with Gasteiger partial charge in [0.15, 0.2) is 11.2 Å². The smallest absolute Gasteiger partial charge is 0.323 e. The topological polar surface area (TPSA) is 168 Å². The summed E-state index contributed by atoms with van der Waals surface area (Å²) in [6.07, 6.45) is 22.2. The summed E-state index contributed by atoms with van der Waals surface area (Å²) in [5.41, 5.74) is 11.9. The van der Waals surface area contributed by atoms with Crippen LogP contribution in [0.4, 0.5) is 5.95 Å². The molecule has 0 radical (unpaired) electrons. The Morgan fingerprint density at radius 2 is 1.49 bits per heavy atom. The first-order valence-corrected chi connectivity index (χ1v) is 17.5. The third kappa shape index (κ3) is 15.3. The molecule has 0 aliphatic carbocycles. The van der Waals surface area contributed by atoms with Crippen LogP contribution >= 0.6 is 0 Å². The Hall–Kier alpha value is -2.95. The SMILES string of the molecule is CCCCCCCCCCCCCCCCCC(=O)OC[C@H](CCOC(=O)[C@@H](N)C(C)CC)Cn1cnc2c(=O)[nH]c(N)nc21. The van der Waals surface area contributed by atoms with Crippen LogP contribution in [0, 0.1) is 11.8 Å². The summed E-state index contributed by atoms with van der Waals surface area (Å²) < 4.78 is 12.8. The van der Waals surface area contributed by atoms with Gasteiger partial charge in [0.25, 0.3) is 5.56 Å². The number of unbranched alkanes of at least 4 members (excludes halogenated alkanes) is 14. The Bertz CT molecular complexity index is 1170. The average molecular weight is 633 g/mol. The largest absolute Gasteiger partial charge is 0.465 e. The molecule has 1 unspecified atom stereocenters. The van der Waals surface area contributed by atoms with Crippen molar-refractivity contribution in [1.29, 1.82) is 0 Å². The van der Waals surface area contributed by atoms with Crippen LogP contribution in [-0.2, 0) is 25.6 Å². The van der Waals surface area contributed by atoms with Gasteiger partial charge in [-0.25, -0.2) is 4.98 Å². The third-order valence-electron chi connectivity index (χ3n) is 8.71. The lowest BCUT2D eigenvalue weighted by atomic mass is 10.0. The molecule has 45 heavy (non-hydrogen) atoms. The summed E-state index contributed by atoms with van der Waals surface area (Å²) in [5, 5.41) is 0. The quantitative estimate of drug-likeness (QED) is 0.0781. The Kier molecular flexibility index (Phi) is 19.1. The summed E-state index contributed by atoms with van der Waals surface area (Å²) in [5.74, 6) is -0.876. The molecule has 3 atom stereocenters. The molecule has 5 N–H and O–H groups in total. The number of aromatic amines is 1. The van der Waals surface area contributed by atoms with E-state index < -0.39 is 17.6 Å². The third-order valence-corrected chi connectivity index (χ3v) is 8.71. The van der Waals surface area contributed by atoms with Gasteiger partial charge < -0.3 is 25.5 Å². The van der Waals surface area contributed by atoms with E-state index >= 15 is 0 Å². The van der Waals surface area contributed by atoms with Gasteiger partial charge in [-0.3, -0.25) is 19.4 Å². The van der Waals surface area contributed by atoms with Crippen LogP contribution in [-0.4, -0.2) is 50.7 Å². The van der Waals surface area contributed by atoms with Gasteiger partial charge in [-0.2, -0.15) is 4.98 Å². The Morgan fingerprint density at radius 1 is 0.911 bits per heavy atom. The number of ether oxygens (including phenoxy) is 2. The minimum atomic E-state index is -0.683. The predicted octanol–water partition coefficient (Wildman–Crippen LogP) is 6.43. The van der Waals surface area contributed by atoms with Crippen molar-refractivity contribution >= 4 is 29.1 Å². The van der Waals surface area contributed by atoms with E-state index in [1.165, 1.54) is 83.4 Å². The van der Waals surface area contributed by atoms with Crippen LogP contribution in [0.15, 0.2) is 11.1 Å². The summed E-state index contributed by atoms with van der Waals surface area (Å²) in [6.45, 7) is 6.78. The molecule has 0 aliphatic rings. The highest BCUT2D eigenvalue weighted by atomic mass is 16.5. The van der Waals surface area contributed by atoms with E-state index in [2.05, 4.69) is 21.9 Å². The lowest BCUT2D eigenvalue weighted by molar-refractivity contribution is -0.149. The second-order valence-electron chi connectivity index (χ2n) is 12.6. The maximum atomic E-state index is 12.5. The van der Waals surface area contributed by atoms with Crippen LogP contribution in [0.1, 0.15) is 136 Å². The number of H-pyrrole nitrogens is 1. The number of carbonyl (C=O) groups excluding carboxylic acids is 2. The number of nitrogen functional groups attached to an aromatic ring is 1. The molecule has 11 nitrogen and oxygen atoms in total. The van der Waals surface area contributed by atoms with E-state index in [1.807, 2.05) is 13.8 Å². The average Bonchev–Trinajstić information content (AvgIpc) is 3.43. The van der Waals surface area contributed by atoms with Gasteiger partial charge in [-0.1, -0.05) is 117 Å². The number of aromatic nitrogens is 4. The molecular weight excluding hydrogens is 572 g/mol. The molecule has 0 spiro atoms. The Labute approximate surface area is 269 Å². The van der Waals surface area contributed by atoms with Crippen molar-refractivity contribution in [1.82, 2.24) is 19.5 Å². The number of imidazole rings is 1. The molecule has 0 aliphatic heterocycles. The van der Waals surface area contributed by atoms with E-state index in [4.69, 9.17) is 20.9 Å². The summed E-state index contributed by atoms with van der Waals surface area (Å²) in [4.78, 5) is 47.9. The summed E-state index contributed by atoms with van der Waals surface area (Å²) in [7, 11) is 0. The maximum absolute atomic E-state index is 12.5. The molecule has 2 rings (SSSR count). The molecular formula is C34H60N6O5. The van der Waals surface area contributed by atoms with Gasteiger partial charge in [-0.15, -0.1) is 0 Å². The molecule has 2 aromatic heterocycles. The first kappa shape index (κ1) is 38.2. The fourth-order valence-electron chi connectivity index (χ4n) is 5.44. The lowest BCUT2D eigenvalue weighted by Gasteiger charge is -2.20. The number of rotatable bonds is 26.